The lowest BCUT2D eigenvalue weighted by molar-refractivity contribution is -0.113. The minimum Gasteiger partial charge on any atom is -0.495 e. The minimum atomic E-state index is -0.499. The van der Waals surface area contributed by atoms with E-state index in [-0.39, 0.29) is 5.91 Å². The second-order valence-electron chi connectivity index (χ2n) is 7.49. The van der Waals surface area contributed by atoms with Crippen molar-refractivity contribution in [3.05, 3.63) is 71.7 Å². The van der Waals surface area contributed by atoms with Gasteiger partial charge in [-0.05, 0) is 31.5 Å². The fourth-order valence-corrected chi connectivity index (χ4v) is 3.77. The molecule has 1 aliphatic heterocycles. The van der Waals surface area contributed by atoms with Crippen LogP contribution in [0, 0.1) is 0 Å². The molecule has 0 saturated carbocycles. The highest BCUT2D eigenvalue weighted by Crippen LogP contribution is 2.39. The smallest absolute Gasteiger partial charge is 0.255 e. The third-order valence-corrected chi connectivity index (χ3v) is 5.36. The number of fused-ring (bicyclic) bond motifs is 1. The van der Waals surface area contributed by atoms with Gasteiger partial charge in [-0.3, -0.25) is 4.79 Å². The van der Waals surface area contributed by atoms with Gasteiger partial charge < -0.3 is 20.1 Å². The van der Waals surface area contributed by atoms with Gasteiger partial charge >= 0.3 is 0 Å². The van der Waals surface area contributed by atoms with E-state index in [1.54, 1.807) is 23.9 Å². The van der Waals surface area contributed by atoms with E-state index < -0.39 is 6.04 Å². The molecule has 0 saturated heterocycles. The number of anilines is 2. The van der Waals surface area contributed by atoms with Crippen LogP contribution in [0.4, 0.5) is 11.6 Å². The van der Waals surface area contributed by atoms with Gasteiger partial charge in [-0.1, -0.05) is 43.7 Å². The van der Waals surface area contributed by atoms with E-state index in [2.05, 4.69) is 27.6 Å². The number of carbonyl (C=O) groups excluding carboxylic acids is 1. The fraction of sp³-hybridized carbons (Fsp3) is 0.292. The molecule has 2 heterocycles. The van der Waals surface area contributed by atoms with Gasteiger partial charge in [0.1, 0.15) is 23.9 Å². The number of nitrogens with zero attached hydrogens (tertiary/aromatic N) is 3. The molecule has 0 radical (unpaired) electrons. The number of hydrogen-bond donors (Lipinski definition) is 2. The van der Waals surface area contributed by atoms with Crippen LogP contribution in [0.5, 0.6) is 11.5 Å². The third kappa shape index (κ3) is 4.16. The van der Waals surface area contributed by atoms with Gasteiger partial charge in [-0.2, -0.15) is 10.1 Å². The summed E-state index contributed by atoms with van der Waals surface area (Å²) in [5.74, 6) is 1.63. The first-order valence-electron chi connectivity index (χ1n) is 10.7. The summed E-state index contributed by atoms with van der Waals surface area (Å²) in [4.78, 5) is 17.9. The molecular weight excluding hydrogens is 406 g/mol. The van der Waals surface area contributed by atoms with Crippen LogP contribution in [0.3, 0.4) is 0 Å². The lowest BCUT2D eigenvalue weighted by Crippen LogP contribution is -2.31. The van der Waals surface area contributed by atoms with Crippen LogP contribution >= 0.6 is 0 Å². The van der Waals surface area contributed by atoms with E-state index in [1.807, 2.05) is 43.3 Å². The van der Waals surface area contributed by atoms with E-state index in [9.17, 15) is 4.79 Å². The Morgan fingerprint density at radius 1 is 1.16 bits per heavy atom. The maximum absolute atomic E-state index is 13.6. The molecule has 0 fully saturated rings. The van der Waals surface area contributed by atoms with Crippen molar-refractivity contribution in [3.63, 3.8) is 0 Å². The van der Waals surface area contributed by atoms with Gasteiger partial charge in [0, 0.05) is 11.3 Å². The van der Waals surface area contributed by atoms with Gasteiger partial charge in [-0.15, -0.1) is 0 Å². The Bertz CT molecular complexity index is 1140. The maximum atomic E-state index is 13.6. The first kappa shape index (κ1) is 21.4. The summed E-state index contributed by atoms with van der Waals surface area (Å²) in [6.45, 7) is 4.59. The number of hydrogen-bond acceptors (Lipinski definition) is 6. The SMILES string of the molecule is CCCCOc1ccccc1C1C(C(=O)Nc2ccccc2OC)=C(C)Nc2ncnn21. The Morgan fingerprint density at radius 2 is 1.91 bits per heavy atom. The first-order chi connectivity index (χ1) is 15.6. The summed E-state index contributed by atoms with van der Waals surface area (Å²) in [7, 11) is 1.58. The van der Waals surface area contributed by atoms with E-state index in [4.69, 9.17) is 9.47 Å². The predicted molar refractivity (Wildman–Crippen MR) is 123 cm³/mol. The van der Waals surface area contributed by atoms with E-state index >= 15 is 0 Å². The number of methoxy groups -OCH3 is 1. The Balaban J connectivity index is 1.75. The summed E-state index contributed by atoms with van der Waals surface area (Å²) in [6.07, 6.45) is 3.46. The maximum Gasteiger partial charge on any atom is 0.255 e. The van der Waals surface area contributed by atoms with Crippen LogP contribution in [0.2, 0.25) is 0 Å². The van der Waals surface area contributed by atoms with Crippen molar-refractivity contribution in [2.24, 2.45) is 0 Å². The number of unbranched alkanes of at least 4 members (excludes halogenated alkanes) is 1. The lowest BCUT2D eigenvalue weighted by Gasteiger charge is -2.30. The molecule has 1 aliphatic rings. The molecular formula is C24H27N5O3. The van der Waals surface area contributed by atoms with Gasteiger partial charge in [0.05, 0.1) is 25.0 Å². The Labute approximate surface area is 187 Å². The molecule has 1 unspecified atom stereocenters. The molecule has 0 aliphatic carbocycles. The van der Waals surface area contributed by atoms with Gasteiger partial charge in [-0.25, -0.2) is 4.68 Å². The van der Waals surface area contributed by atoms with Gasteiger partial charge in [0.25, 0.3) is 5.91 Å². The number of para-hydroxylation sites is 3. The van der Waals surface area contributed by atoms with Gasteiger partial charge in [0.2, 0.25) is 5.95 Å². The number of nitrogens with one attached hydrogen (secondary N) is 2. The topological polar surface area (TPSA) is 90.3 Å². The summed E-state index contributed by atoms with van der Waals surface area (Å²) < 4.78 is 13.2. The molecule has 32 heavy (non-hydrogen) atoms. The fourth-order valence-electron chi connectivity index (χ4n) is 3.77. The number of ether oxygens (including phenoxy) is 2. The molecule has 4 rings (SSSR count). The molecule has 3 aromatic rings. The second kappa shape index (κ2) is 9.55. The average Bonchev–Trinajstić information content (AvgIpc) is 3.27. The highest BCUT2D eigenvalue weighted by molar-refractivity contribution is 6.06. The molecule has 8 nitrogen and oxygen atoms in total. The predicted octanol–water partition coefficient (Wildman–Crippen LogP) is 4.39. The lowest BCUT2D eigenvalue weighted by atomic mass is 9.94. The molecule has 1 amide bonds. The third-order valence-electron chi connectivity index (χ3n) is 5.36. The summed E-state index contributed by atoms with van der Waals surface area (Å²) in [5.41, 5.74) is 2.67. The summed E-state index contributed by atoms with van der Waals surface area (Å²) >= 11 is 0. The van der Waals surface area contributed by atoms with Gasteiger partial charge in [0.15, 0.2) is 0 Å². The number of amides is 1. The second-order valence-corrected chi connectivity index (χ2v) is 7.49. The number of benzene rings is 2. The molecule has 2 N–H and O–H groups in total. The Hall–Kier alpha value is -3.81. The minimum absolute atomic E-state index is 0.256. The number of rotatable bonds is 8. The zero-order valence-electron chi connectivity index (χ0n) is 18.5. The standard InChI is InChI=1S/C24H27N5O3/c1-4-5-14-32-19-12-8-6-10-17(19)22-21(16(2)27-24-25-15-26-29(22)24)23(30)28-18-11-7-9-13-20(18)31-3/h6-13,15,22H,4-5,14H2,1-3H3,(H,28,30)(H,25,26,27). The van der Waals surface area contributed by atoms with Crippen LogP contribution in [-0.2, 0) is 4.79 Å². The summed E-state index contributed by atoms with van der Waals surface area (Å²) in [6, 6.07) is 14.6. The van der Waals surface area contributed by atoms with E-state index in [1.165, 1.54) is 6.33 Å². The van der Waals surface area contributed by atoms with Crippen molar-refractivity contribution in [2.45, 2.75) is 32.7 Å². The van der Waals surface area contributed by atoms with Crippen molar-refractivity contribution in [1.29, 1.82) is 0 Å². The molecule has 1 aromatic heterocycles. The molecule has 0 bridgehead atoms. The molecule has 166 valence electrons. The number of carbonyl (C=O) groups is 1. The Kier molecular flexibility index (Phi) is 6.39. The first-order valence-corrected chi connectivity index (χ1v) is 10.7. The number of aromatic nitrogens is 3. The monoisotopic (exact) mass is 433 g/mol. The van der Waals surface area contributed by atoms with Crippen LogP contribution in [-0.4, -0.2) is 34.4 Å². The van der Waals surface area contributed by atoms with Crippen molar-refractivity contribution >= 4 is 17.5 Å². The van der Waals surface area contributed by atoms with Crippen LogP contribution in [0.1, 0.15) is 38.3 Å². The average molecular weight is 434 g/mol. The number of allylic oxidation sites excluding steroid dienone is 1. The van der Waals surface area contributed by atoms with Crippen molar-refractivity contribution < 1.29 is 14.3 Å². The van der Waals surface area contributed by atoms with E-state index in [0.717, 1.165) is 24.2 Å². The highest BCUT2D eigenvalue weighted by Gasteiger charge is 2.35. The molecule has 1 atom stereocenters. The quantitative estimate of drug-likeness (QED) is 0.512. The van der Waals surface area contributed by atoms with Crippen molar-refractivity contribution in [3.8, 4) is 11.5 Å². The largest absolute Gasteiger partial charge is 0.495 e. The zero-order chi connectivity index (χ0) is 22.5. The zero-order valence-corrected chi connectivity index (χ0v) is 18.5. The highest BCUT2D eigenvalue weighted by atomic mass is 16.5. The normalized spacial score (nSPS) is 15.0. The summed E-state index contributed by atoms with van der Waals surface area (Å²) in [5, 5.41) is 10.6. The van der Waals surface area contributed by atoms with Crippen LogP contribution < -0.4 is 20.1 Å². The van der Waals surface area contributed by atoms with Crippen LogP contribution in [0.15, 0.2) is 66.1 Å². The van der Waals surface area contributed by atoms with Crippen LogP contribution in [0.25, 0.3) is 0 Å². The Morgan fingerprint density at radius 3 is 2.69 bits per heavy atom. The van der Waals surface area contributed by atoms with Crippen molar-refractivity contribution in [2.75, 3.05) is 24.4 Å². The van der Waals surface area contributed by atoms with E-state index in [0.29, 0.717) is 35.3 Å². The molecule has 8 heteroatoms. The molecule has 2 aromatic carbocycles. The van der Waals surface area contributed by atoms with Crippen molar-refractivity contribution in [1.82, 2.24) is 14.8 Å². The molecule has 0 spiro atoms.